The average Bonchev–Trinajstić information content (AvgIpc) is 2.88. The van der Waals surface area contributed by atoms with Crippen molar-refractivity contribution in [3.8, 4) is 17.0 Å². The molecule has 1 fully saturated rings. The number of amides is 3. The Morgan fingerprint density at radius 3 is 2.57 bits per heavy atom. The van der Waals surface area contributed by atoms with Crippen molar-refractivity contribution in [1.82, 2.24) is 15.2 Å². The summed E-state index contributed by atoms with van der Waals surface area (Å²) in [5.74, 6) is -0.0273. The first-order valence-electron chi connectivity index (χ1n) is 7.06. The highest BCUT2D eigenvalue weighted by molar-refractivity contribution is 6.01. The second-order valence-electron chi connectivity index (χ2n) is 4.94. The molecule has 3 rings (SSSR count). The second-order valence-corrected chi connectivity index (χ2v) is 4.94. The zero-order chi connectivity index (χ0) is 16.2. The number of nitrogens with one attached hydrogen (secondary N) is 1. The van der Waals surface area contributed by atoms with Gasteiger partial charge in [-0.1, -0.05) is 0 Å². The fraction of sp³-hybridized carbons (Fsp3) is 0.188. The zero-order valence-corrected chi connectivity index (χ0v) is 12.2. The van der Waals surface area contributed by atoms with E-state index in [0.717, 1.165) is 10.5 Å². The van der Waals surface area contributed by atoms with Crippen LogP contribution < -0.4 is 10.1 Å². The molecule has 0 aliphatic carbocycles. The third-order valence-electron chi connectivity index (χ3n) is 3.40. The molecule has 0 radical (unpaired) electrons. The number of pyridine rings is 1. The van der Waals surface area contributed by atoms with E-state index >= 15 is 0 Å². The lowest BCUT2D eigenvalue weighted by atomic mass is 10.1. The van der Waals surface area contributed by atoms with E-state index in [2.05, 4.69) is 10.3 Å². The highest BCUT2D eigenvalue weighted by Crippen LogP contribution is 2.19. The Balaban J connectivity index is 1.56. The summed E-state index contributed by atoms with van der Waals surface area (Å²) in [5.41, 5.74) is 1.50. The Hall–Kier alpha value is -2.96. The molecule has 1 saturated heterocycles. The van der Waals surface area contributed by atoms with Crippen molar-refractivity contribution in [2.24, 2.45) is 0 Å². The van der Waals surface area contributed by atoms with Crippen molar-refractivity contribution in [1.29, 1.82) is 0 Å². The van der Waals surface area contributed by atoms with Crippen LogP contribution in [0.2, 0.25) is 0 Å². The number of urea groups is 1. The third-order valence-corrected chi connectivity index (χ3v) is 3.40. The normalized spacial score (nSPS) is 14.0. The second kappa shape index (κ2) is 6.43. The molecule has 23 heavy (non-hydrogen) atoms. The summed E-state index contributed by atoms with van der Waals surface area (Å²) in [6, 6.07) is 9.14. The lowest BCUT2D eigenvalue weighted by molar-refractivity contribution is -0.125. The monoisotopic (exact) mass is 315 g/mol. The molecule has 1 N–H and O–H groups in total. The van der Waals surface area contributed by atoms with E-state index in [1.807, 2.05) is 0 Å². The number of halogens is 1. The number of ether oxygens (including phenoxy) is 1. The molecule has 0 bridgehead atoms. The van der Waals surface area contributed by atoms with E-state index in [4.69, 9.17) is 4.74 Å². The van der Waals surface area contributed by atoms with E-state index < -0.39 is 6.03 Å². The maximum absolute atomic E-state index is 12.9. The lowest BCUT2D eigenvalue weighted by Gasteiger charge is -2.13. The molecule has 2 heterocycles. The molecule has 0 spiro atoms. The van der Waals surface area contributed by atoms with Gasteiger partial charge in [0.2, 0.25) is 5.91 Å². The minimum Gasteiger partial charge on any atom is -0.490 e. The molecule has 2 aromatic rings. The quantitative estimate of drug-likeness (QED) is 0.854. The van der Waals surface area contributed by atoms with E-state index in [9.17, 15) is 14.0 Å². The number of imide groups is 1. The first-order chi connectivity index (χ1) is 11.1. The van der Waals surface area contributed by atoms with Crippen LogP contribution in [-0.2, 0) is 4.79 Å². The largest absolute Gasteiger partial charge is 0.490 e. The van der Waals surface area contributed by atoms with Gasteiger partial charge in [-0.15, -0.1) is 0 Å². The third kappa shape index (κ3) is 3.45. The van der Waals surface area contributed by atoms with Crippen LogP contribution in [0.5, 0.6) is 5.75 Å². The summed E-state index contributed by atoms with van der Waals surface area (Å²) in [4.78, 5) is 28.1. The highest BCUT2D eigenvalue weighted by atomic mass is 19.1. The molecule has 118 valence electrons. The molecule has 1 aromatic carbocycles. The number of benzene rings is 1. The van der Waals surface area contributed by atoms with Crippen LogP contribution in [0, 0.1) is 5.82 Å². The van der Waals surface area contributed by atoms with E-state index in [0.29, 0.717) is 11.4 Å². The molecular formula is C16H14FN3O3. The fourth-order valence-corrected chi connectivity index (χ4v) is 2.19. The summed E-state index contributed by atoms with van der Waals surface area (Å²) in [5, 5.41) is 2.44. The van der Waals surface area contributed by atoms with Crippen LogP contribution in [0.25, 0.3) is 11.3 Å². The van der Waals surface area contributed by atoms with Crippen LogP contribution >= 0.6 is 0 Å². The lowest BCUT2D eigenvalue weighted by Crippen LogP contribution is -2.34. The van der Waals surface area contributed by atoms with Crippen molar-refractivity contribution >= 4 is 11.9 Å². The zero-order valence-electron chi connectivity index (χ0n) is 12.2. The van der Waals surface area contributed by atoms with Crippen LogP contribution in [-0.4, -0.2) is 41.5 Å². The number of carbonyl (C=O) groups excluding carboxylic acids is 2. The van der Waals surface area contributed by atoms with Gasteiger partial charge in [0.05, 0.1) is 25.0 Å². The van der Waals surface area contributed by atoms with E-state index in [1.54, 1.807) is 30.5 Å². The number of hydrogen-bond acceptors (Lipinski definition) is 4. The Kier molecular flexibility index (Phi) is 4.18. The van der Waals surface area contributed by atoms with Crippen LogP contribution in [0.4, 0.5) is 9.18 Å². The minimum absolute atomic E-state index is 0.0345. The molecule has 6 nitrogen and oxygen atoms in total. The van der Waals surface area contributed by atoms with Gasteiger partial charge in [0.25, 0.3) is 0 Å². The van der Waals surface area contributed by atoms with Gasteiger partial charge in [-0.25, -0.2) is 9.18 Å². The van der Waals surface area contributed by atoms with Crippen LogP contribution in [0.3, 0.4) is 0 Å². The molecule has 0 saturated carbocycles. The van der Waals surface area contributed by atoms with Gasteiger partial charge in [-0.3, -0.25) is 14.7 Å². The molecule has 1 aromatic heterocycles. The van der Waals surface area contributed by atoms with Crippen molar-refractivity contribution < 1.29 is 18.7 Å². The Labute approximate surface area is 131 Å². The van der Waals surface area contributed by atoms with Crippen molar-refractivity contribution in [3.63, 3.8) is 0 Å². The number of nitrogens with zero attached hydrogens (tertiary/aromatic N) is 2. The predicted molar refractivity (Wildman–Crippen MR) is 80.2 cm³/mol. The van der Waals surface area contributed by atoms with Gasteiger partial charge in [0, 0.05) is 5.56 Å². The Bertz CT molecular complexity index is 700. The van der Waals surface area contributed by atoms with Crippen molar-refractivity contribution in [2.45, 2.75) is 0 Å². The topological polar surface area (TPSA) is 71.5 Å². The molecular weight excluding hydrogens is 301 g/mol. The minimum atomic E-state index is -0.400. The first kappa shape index (κ1) is 15.0. The summed E-state index contributed by atoms with van der Waals surface area (Å²) < 4.78 is 18.4. The number of rotatable bonds is 5. The van der Waals surface area contributed by atoms with Gasteiger partial charge in [0.15, 0.2) is 0 Å². The van der Waals surface area contributed by atoms with Crippen molar-refractivity contribution in [2.75, 3.05) is 19.7 Å². The number of aromatic nitrogens is 1. The highest BCUT2D eigenvalue weighted by Gasteiger charge is 2.27. The molecule has 1 aliphatic rings. The van der Waals surface area contributed by atoms with Crippen LogP contribution in [0.1, 0.15) is 0 Å². The van der Waals surface area contributed by atoms with Gasteiger partial charge in [0.1, 0.15) is 18.2 Å². The van der Waals surface area contributed by atoms with Crippen LogP contribution in [0.15, 0.2) is 42.6 Å². The Morgan fingerprint density at radius 1 is 1.17 bits per heavy atom. The van der Waals surface area contributed by atoms with Gasteiger partial charge >= 0.3 is 6.03 Å². The molecule has 3 amide bonds. The summed E-state index contributed by atoms with van der Waals surface area (Å²) in [6.45, 7) is 0.411. The summed E-state index contributed by atoms with van der Waals surface area (Å²) >= 11 is 0. The standard InChI is InChI=1S/C16H14FN3O3/c17-12-3-1-11(2-4-12)14-6-5-13(9-18-14)23-8-7-20-15(21)10-19-16(20)22/h1-6,9H,7-8,10H2,(H,19,22). The molecule has 0 unspecified atom stereocenters. The van der Waals surface area contributed by atoms with E-state index in [1.165, 1.54) is 12.1 Å². The van der Waals surface area contributed by atoms with Gasteiger partial charge < -0.3 is 10.1 Å². The molecule has 1 aliphatic heterocycles. The summed E-state index contributed by atoms with van der Waals surface area (Å²) in [7, 11) is 0. The smallest absolute Gasteiger partial charge is 0.324 e. The SMILES string of the molecule is O=C1CNC(=O)N1CCOc1ccc(-c2ccc(F)cc2)nc1. The fourth-order valence-electron chi connectivity index (χ4n) is 2.19. The Morgan fingerprint density at radius 2 is 1.96 bits per heavy atom. The molecule has 0 atom stereocenters. The average molecular weight is 315 g/mol. The maximum atomic E-state index is 12.9. The number of hydrogen-bond donors (Lipinski definition) is 1. The summed E-state index contributed by atoms with van der Waals surface area (Å²) in [6.07, 6.45) is 1.55. The number of carbonyl (C=O) groups is 2. The first-order valence-corrected chi connectivity index (χ1v) is 7.06. The van der Waals surface area contributed by atoms with Gasteiger partial charge in [-0.2, -0.15) is 0 Å². The maximum Gasteiger partial charge on any atom is 0.324 e. The predicted octanol–water partition coefficient (Wildman–Crippen LogP) is 1.82. The van der Waals surface area contributed by atoms with E-state index in [-0.39, 0.29) is 31.4 Å². The molecule has 7 heteroatoms. The van der Waals surface area contributed by atoms with Gasteiger partial charge in [-0.05, 0) is 36.4 Å². The van der Waals surface area contributed by atoms with Crippen molar-refractivity contribution in [3.05, 3.63) is 48.4 Å².